The molecule has 0 saturated carbocycles. The molecule has 0 aliphatic carbocycles. The first-order valence-corrected chi connectivity index (χ1v) is 15.5. The molecule has 2 atom stereocenters. The second-order valence-electron chi connectivity index (χ2n) is 10.3. The number of fused-ring (bicyclic) bond motifs is 1. The predicted octanol–water partition coefficient (Wildman–Crippen LogP) is 5.46. The fraction of sp³-hybridized carbons (Fsp3) is 0.483. The summed E-state index contributed by atoms with van der Waals surface area (Å²) in [6.45, 7) is 6.84. The van der Waals surface area contributed by atoms with Crippen LogP contribution in [0.25, 0.3) is 10.9 Å². The minimum Gasteiger partial charge on any atom is -0.493 e. The Morgan fingerprint density at radius 3 is 2.38 bits per heavy atom. The molecule has 1 fully saturated rings. The lowest BCUT2D eigenvalue weighted by molar-refractivity contribution is -0.149. The summed E-state index contributed by atoms with van der Waals surface area (Å²) in [4.78, 5) is 23.7. The first-order chi connectivity index (χ1) is 19.2. The molecule has 2 unspecified atom stereocenters. The molecule has 2 heterocycles. The van der Waals surface area contributed by atoms with Gasteiger partial charge in [-0.1, -0.05) is 18.2 Å². The highest BCUT2D eigenvalue weighted by atomic mass is 31.2. The normalized spacial score (nSPS) is 16.4. The van der Waals surface area contributed by atoms with E-state index in [2.05, 4.69) is 20.0 Å². The fourth-order valence-corrected chi connectivity index (χ4v) is 7.01. The molecular formula is C29H39N4O6P. The first-order valence-electron chi connectivity index (χ1n) is 13.6. The number of aromatic nitrogens is 2. The Morgan fingerprint density at radius 2 is 1.73 bits per heavy atom. The third-order valence-corrected chi connectivity index (χ3v) is 9.09. The molecule has 0 spiro atoms. The van der Waals surface area contributed by atoms with Crippen molar-refractivity contribution in [3.05, 3.63) is 48.8 Å². The molecule has 1 saturated heterocycles. The van der Waals surface area contributed by atoms with Crippen molar-refractivity contribution in [1.82, 2.24) is 15.1 Å². The van der Waals surface area contributed by atoms with Crippen LogP contribution < -0.4 is 24.0 Å². The maximum atomic E-state index is 14.0. The number of carbonyl (C=O) groups excluding carboxylic acids is 1. The molecule has 216 valence electrons. The number of hydrogen-bond acceptors (Lipinski definition) is 9. The molecular weight excluding hydrogens is 531 g/mol. The number of nitrogens with one attached hydrogen (secondary N) is 1. The minimum atomic E-state index is -3.39. The molecule has 3 aromatic rings. The van der Waals surface area contributed by atoms with Gasteiger partial charge in [0.15, 0.2) is 11.5 Å². The van der Waals surface area contributed by atoms with Gasteiger partial charge in [-0.05, 0) is 64.2 Å². The molecule has 1 aliphatic heterocycles. The Hall–Kier alpha value is -3.36. The summed E-state index contributed by atoms with van der Waals surface area (Å²) >= 11 is 0. The Labute approximate surface area is 235 Å². The van der Waals surface area contributed by atoms with E-state index in [4.69, 9.17) is 18.7 Å². The van der Waals surface area contributed by atoms with Gasteiger partial charge >= 0.3 is 13.5 Å². The summed E-state index contributed by atoms with van der Waals surface area (Å²) in [5, 5.41) is 3.88. The zero-order valence-corrected chi connectivity index (χ0v) is 24.7. The highest BCUT2D eigenvalue weighted by molar-refractivity contribution is 7.57. The molecule has 4 rings (SSSR count). The number of rotatable bonds is 12. The number of piperidine rings is 1. The van der Waals surface area contributed by atoms with E-state index in [0.717, 1.165) is 42.7 Å². The Kier molecular flexibility index (Phi) is 9.87. The molecule has 0 radical (unpaired) electrons. The van der Waals surface area contributed by atoms with E-state index in [1.807, 2.05) is 30.3 Å². The maximum Gasteiger partial charge on any atom is 0.323 e. The lowest BCUT2D eigenvalue weighted by Crippen LogP contribution is -2.37. The molecule has 1 N–H and O–H groups in total. The van der Waals surface area contributed by atoms with E-state index in [1.165, 1.54) is 0 Å². The molecule has 2 aromatic carbocycles. The van der Waals surface area contributed by atoms with Crippen LogP contribution in [0.2, 0.25) is 0 Å². The number of benzene rings is 2. The van der Waals surface area contributed by atoms with Gasteiger partial charge in [-0.25, -0.2) is 15.1 Å². The minimum absolute atomic E-state index is 0.258. The smallest absolute Gasteiger partial charge is 0.323 e. The van der Waals surface area contributed by atoms with E-state index >= 15 is 0 Å². The van der Waals surface area contributed by atoms with Crippen LogP contribution in [0.4, 0.5) is 5.82 Å². The third kappa shape index (κ3) is 7.43. The quantitative estimate of drug-likeness (QED) is 0.223. The maximum absolute atomic E-state index is 14.0. The Morgan fingerprint density at radius 1 is 1.05 bits per heavy atom. The summed E-state index contributed by atoms with van der Waals surface area (Å²) in [6.07, 6.45) is 4.14. The van der Waals surface area contributed by atoms with Gasteiger partial charge < -0.3 is 23.6 Å². The average molecular weight is 571 g/mol. The monoisotopic (exact) mass is 570 g/mol. The van der Waals surface area contributed by atoms with Gasteiger partial charge in [-0.3, -0.25) is 9.36 Å². The van der Waals surface area contributed by atoms with Crippen LogP contribution in [-0.4, -0.2) is 61.6 Å². The molecule has 0 bridgehead atoms. The average Bonchev–Trinajstić information content (AvgIpc) is 2.95. The van der Waals surface area contributed by atoms with Crippen molar-refractivity contribution in [3.63, 3.8) is 0 Å². The fourth-order valence-electron chi connectivity index (χ4n) is 4.88. The van der Waals surface area contributed by atoms with Gasteiger partial charge in [-0.2, -0.15) is 0 Å². The SMILES string of the molecule is COc1cc2ncnc(N3CCC(CCP(=O)(NC(C)C(=O)OC(C)C)Oc4ccccc4)CC3)c2cc1OC. The Balaban J connectivity index is 1.42. The van der Waals surface area contributed by atoms with Crippen molar-refractivity contribution >= 4 is 30.2 Å². The van der Waals surface area contributed by atoms with Crippen molar-refractivity contribution in [1.29, 1.82) is 0 Å². The van der Waals surface area contributed by atoms with E-state index in [0.29, 0.717) is 35.7 Å². The Bertz CT molecular complexity index is 1330. The first kappa shape index (κ1) is 29.6. The van der Waals surface area contributed by atoms with Gasteiger partial charge in [0.2, 0.25) is 0 Å². The summed E-state index contributed by atoms with van der Waals surface area (Å²) < 4.78 is 36.2. The van der Waals surface area contributed by atoms with Gasteiger partial charge in [0, 0.05) is 30.7 Å². The number of carbonyl (C=O) groups is 1. The molecule has 10 nitrogen and oxygen atoms in total. The van der Waals surface area contributed by atoms with E-state index in [1.54, 1.807) is 53.5 Å². The van der Waals surface area contributed by atoms with Crippen molar-refractivity contribution in [2.24, 2.45) is 5.92 Å². The third-order valence-electron chi connectivity index (χ3n) is 6.96. The zero-order valence-electron chi connectivity index (χ0n) is 23.8. The van der Waals surface area contributed by atoms with Gasteiger partial charge in [0.25, 0.3) is 0 Å². The topological polar surface area (TPSA) is 112 Å². The largest absolute Gasteiger partial charge is 0.493 e. The predicted molar refractivity (Wildman–Crippen MR) is 156 cm³/mol. The standard InChI is InChI=1S/C29H39N4O6P/c1-20(2)38-29(34)21(3)32-40(35,39-23-9-7-6-8-10-23)16-13-22-11-14-33(15-12-22)28-24-17-26(36-4)27(37-5)18-25(24)30-19-31-28/h6-10,17-22H,11-16H2,1-5H3,(H,32,35). The van der Waals surface area contributed by atoms with Crippen LogP contribution in [0.15, 0.2) is 48.8 Å². The number of ether oxygens (including phenoxy) is 3. The van der Waals surface area contributed by atoms with Crippen LogP contribution in [0.3, 0.4) is 0 Å². The van der Waals surface area contributed by atoms with Crippen molar-refractivity contribution in [3.8, 4) is 17.2 Å². The highest BCUT2D eigenvalue weighted by Gasteiger charge is 2.32. The highest BCUT2D eigenvalue weighted by Crippen LogP contribution is 2.46. The number of hydrogen-bond donors (Lipinski definition) is 1. The zero-order chi connectivity index (χ0) is 28.7. The van der Waals surface area contributed by atoms with Gasteiger partial charge in [0.05, 0.1) is 25.8 Å². The number of nitrogens with zero attached hydrogens (tertiary/aromatic N) is 3. The van der Waals surface area contributed by atoms with Crippen LogP contribution in [-0.2, 0) is 14.1 Å². The van der Waals surface area contributed by atoms with Crippen LogP contribution >= 0.6 is 7.52 Å². The van der Waals surface area contributed by atoms with Crippen LogP contribution in [0, 0.1) is 5.92 Å². The van der Waals surface area contributed by atoms with E-state index in [9.17, 15) is 9.36 Å². The van der Waals surface area contributed by atoms with Crippen molar-refractivity contribution in [2.45, 2.75) is 52.2 Å². The van der Waals surface area contributed by atoms with Crippen LogP contribution in [0.1, 0.15) is 40.0 Å². The number of para-hydroxylation sites is 1. The summed E-state index contributed by atoms with van der Waals surface area (Å²) in [5.41, 5.74) is 0.792. The molecule has 0 amide bonds. The van der Waals surface area contributed by atoms with E-state index < -0.39 is 19.5 Å². The lowest BCUT2D eigenvalue weighted by atomic mass is 9.94. The molecule has 11 heteroatoms. The summed E-state index contributed by atoms with van der Waals surface area (Å²) in [5.74, 6) is 2.52. The van der Waals surface area contributed by atoms with Crippen LogP contribution in [0.5, 0.6) is 17.2 Å². The number of methoxy groups -OCH3 is 2. The summed E-state index contributed by atoms with van der Waals surface area (Å²) in [7, 11) is -0.177. The summed E-state index contributed by atoms with van der Waals surface area (Å²) in [6, 6.07) is 12.1. The second kappa shape index (κ2) is 13.3. The van der Waals surface area contributed by atoms with Gasteiger partial charge in [-0.15, -0.1) is 0 Å². The number of anilines is 1. The molecule has 1 aromatic heterocycles. The number of esters is 1. The van der Waals surface area contributed by atoms with Crippen molar-refractivity contribution in [2.75, 3.05) is 38.4 Å². The van der Waals surface area contributed by atoms with Gasteiger partial charge in [0.1, 0.15) is 23.9 Å². The lowest BCUT2D eigenvalue weighted by Gasteiger charge is -2.34. The van der Waals surface area contributed by atoms with Crippen molar-refractivity contribution < 1.29 is 28.1 Å². The molecule has 40 heavy (non-hydrogen) atoms. The van der Waals surface area contributed by atoms with E-state index in [-0.39, 0.29) is 6.10 Å². The molecule has 1 aliphatic rings. The second-order valence-corrected chi connectivity index (χ2v) is 12.5.